The van der Waals surface area contributed by atoms with Crippen LogP contribution in [0.15, 0.2) is 30.3 Å². The van der Waals surface area contributed by atoms with Crippen LogP contribution in [0, 0.1) is 107 Å². The van der Waals surface area contributed by atoms with Crippen molar-refractivity contribution in [1.82, 2.24) is 0 Å². The molecule has 0 radical (unpaired) electrons. The van der Waals surface area contributed by atoms with E-state index in [4.69, 9.17) is 0 Å². The van der Waals surface area contributed by atoms with Crippen LogP contribution < -0.4 is 0 Å². The van der Waals surface area contributed by atoms with Gasteiger partial charge in [0.25, 0.3) is 0 Å². The molecule has 3 aromatic rings. The summed E-state index contributed by atoms with van der Waals surface area (Å²) in [6, 6.07) is 11.6. The van der Waals surface area contributed by atoms with Gasteiger partial charge in [-0.1, -0.05) is 76.9 Å². The van der Waals surface area contributed by atoms with Crippen molar-refractivity contribution in [3.05, 3.63) is 66.4 Å². The Bertz CT molecular complexity index is 858. The summed E-state index contributed by atoms with van der Waals surface area (Å²) in [6.45, 7) is 22.2. The predicted molar refractivity (Wildman–Crippen MR) is 113 cm³/mol. The Balaban J connectivity index is 0.00000243. The largest absolute Gasteiger partial charge is 2.00 e. The molecule has 0 N–H and O–H groups in total. The maximum absolute atomic E-state index is 4.24. The average molecular weight is 1050 g/mol. The van der Waals surface area contributed by atoms with Gasteiger partial charge in [0.15, 0.2) is 0 Å². The maximum Gasteiger partial charge on any atom is 2.00 e. The van der Waals surface area contributed by atoms with Gasteiger partial charge in [-0.05, 0) is 10.8 Å². The molecule has 0 unspecified atom stereocenters. The number of hydrogen-bond donors (Lipinski definition) is 0. The van der Waals surface area contributed by atoms with Crippen molar-refractivity contribution in [1.29, 1.82) is 0 Å². The van der Waals surface area contributed by atoms with Gasteiger partial charge in [0.05, 0.1) is 0 Å². The van der Waals surface area contributed by atoms with E-state index in [1.165, 1.54) is 43.8 Å². The Morgan fingerprint density at radius 1 is 0.679 bits per heavy atom. The number of rotatable bonds is 2. The summed E-state index contributed by atoms with van der Waals surface area (Å²) in [5.41, 5.74) is 5.89. The smallest absolute Gasteiger partial charge is 0.346 e. The van der Waals surface area contributed by atoms with E-state index in [1.54, 1.807) is 0 Å². The number of fused-ring (bicyclic) bond motifs is 3. The van der Waals surface area contributed by atoms with Crippen LogP contribution in [-0.2, 0) is 23.7 Å². The molecule has 0 aliphatic carbocycles. The summed E-state index contributed by atoms with van der Waals surface area (Å²) in [4.78, 5) is 0. The van der Waals surface area contributed by atoms with Crippen molar-refractivity contribution in [3.8, 4) is 0 Å². The first-order valence-corrected chi connectivity index (χ1v) is 9.36. The molecule has 0 bridgehead atoms. The molecule has 0 aliphatic rings. The molecular formula is C25H31U3-. The van der Waals surface area contributed by atoms with Crippen LogP contribution in [0.4, 0.5) is 0 Å². The van der Waals surface area contributed by atoms with E-state index in [2.05, 4.69) is 85.7 Å². The Hall–Kier alpha value is 1.47. The number of hydrogen-bond acceptors (Lipinski definition) is 0. The van der Waals surface area contributed by atoms with E-state index in [0.29, 0.717) is 0 Å². The average Bonchev–Trinajstić information content (AvgIpc) is 2.89. The van der Waals surface area contributed by atoms with Crippen LogP contribution >= 0.6 is 0 Å². The molecule has 28 heavy (non-hydrogen) atoms. The first-order valence-electron chi connectivity index (χ1n) is 9.36. The minimum absolute atomic E-state index is 0. The molecule has 0 heterocycles. The van der Waals surface area contributed by atoms with Crippen molar-refractivity contribution in [2.45, 2.75) is 65.2 Å². The van der Waals surface area contributed by atoms with E-state index in [9.17, 15) is 0 Å². The fourth-order valence-electron chi connectivity index (χ4n) is 4.22. The Kier molecular flexibility index (Phi) is 11.4. The third-order valence-electron chi connectivity index (χ3n) is 5.41. The van der Waals surface area contributed by atoms with Crippen LogP contribution in [-0.4, -0.2) is 0 Å². The maximum atomic E-state index is 4.24. The first kappa shape index (κ1) is 29.5. The molecule has 0 aliphatic heterocycles. The Morgan fingerprint density at radius 3 is 1.25 bits per heavy atom. The van der Waals surface area contributed by atoms with E-state index >= 15 is 0 Å². The molecule has 3 rings (SSSR count). The van der Waals surface area contributed by atoms with Gasteiger partial charge in [-0.2, -0.15) is 12.8 Å². The van der Waals surface area contributed by atoms with Gasteiger partial charge in [-0.25, -0.2) is 0 Å². The van der Waals surface area contributed by atoms with Crippen molar-refractivity contribution >= 4 is 21.5 Å². The summed E-state index contributed by atoms with van der Waals surface area (Å²) in [5, 5.41) is 5.46. The molecule has 0 saturated carbocycles. The Labute approximate surface area is 243 Å². The zero-order valence-corrected chi connectivity index (χ0v) is 30.7. The topological polar surface area (TPSA) is 0 Å². The van der Waals surface area contributed by atoms with E-state index in [1.807, 2.05) is 0 Å². The van der Waals surface area contributed by atoms with Crippen LogP contribution in [0.5, 0.6) is 0 Å². The SMILES string of the molecule is [CH2-]Cc1c(C(C)(C)C)ccc2c1[cH-]c1c(C[CH2-])c(C(C)(C)C)ccc12.[U+2].[U].[U]. The van der Waals surface area contributed by atoms with Gasteiger partial charge in [-0.3, -0.25) is 0 Å². The molecule has 0 fully saturated rings. The molecule has 0 amide bonds. The van der Waals surface area contributed by atoms with E-state index in [-0.39, 0.29) is 104 Å². The summed E-state index contributed by atoms with van der Waals surface area (Å²) >= 11 is 0. The van der Waals surface area contributed by atoms with Crippen LogP contribution in [0.25, 0.3) is 21.5 Å². The second-order valence-corrected chi connectivity index (χ2v) is 9.25. The minimum Gasteiger partial charge on any atom is -0.346 e. The number of benzene rings is 2. The van der Waals surface area contributed by atoms with Crippen molar-refractivity contribution in [2.75, 3.05) is 0 Å². The molecule has 0 spiro atoms. The Morgan fingerprint density at radius 2 is 1.00 bits per heavy atom. The van der Waals surface area contributed by atoms with E-state index < -0.39 is 0 Å². The summed E-state index contributed by atoms with van der Waals surface area (Å²) < 4.78 is 0. The second-order valence-electron chi connectivity index (χ2n) is 9.25. The zero-order chi connectivity index (χ0) is 18.6. The third kappa shape index (κ3) is 5.44. The van der Waals surface area contributed by atoms with Gasteiger partial charge in [0, 0.05) is 62.2 Å². The predicted octanol–water partition coefficient (Wildman–Crippen LogP) is 7.06. The quantitative estimate of drug-likeness (QED) is 0.242. The summed E-state index contributed by atoms with van der Waals surface area (Å²) in [6.07, 6.45) is 1.65. The van der Waals surface area contributed by atoms with Gasteiger partial charge in [0.2, 0.25) is 0 Å². The van der Waals surface area contributed by atoms with Crippen molar-refractivity contribution in [3.63, 3.8) is 0 Å². The normalized spacial score (nSPS) is 11.7. The second kappa shape index (κ2) is 10.9. The van der Waals surface area contributed by atoms with Gasteiger partial charge in [-0.15, -0.1) is 38.7 Å². The standard InChI is InChI=1S/C25H31.3U/c1-9-16-20-15-21-17(10-2)23(25(6,7)8)14-12-19(21)18(20)11-13-22(16)24(3,4)5;;;/h11-15H,1-2,9-10H2,3-8H3;;;/q-3;;;+2. The zero-order valence-electron chi connectivity index (χ0n) is 18.2. The van der Waals surface area contributed by atoms with Gasteiger partial charge in [0.1, 0.15) is 0 Å². The first-order chi connectivity index (χ1) is 11.6. The molecule has 0 atom stereocenters. The van der Waals surface area contributed by atoms with Crippen molar-refractivity contribution < 1.29 is 93.3 Å². The summed E-state index contributed by atoms with van der Waals surface area (Å²) in [7, 11) is 0. The van der Waals surface area contributed by atoms with Crippen molar-refractivity contribution in [2.24, 2.45) is 0 Å². The fraction of sp³-hybridized carbons (Fsp3) is 0.400. The van der Waals surface area contributed by atoms with Gasteiger partial charge >= 0.3 is 31.1 Å². The fourth-order valence-corrected chi connectivity index (χ4v) is 4.22. The van der Waals surface area contributed by atoms with Crippen LogP contribution in [0.3, 0.4) is 0 Å². The monoisotopic (exact) mass is 1050 g/mol. The van der Waals surface area contributed by atoms with E-state index in [0.717, 1.165) is 12.8 Å². The van der Waals surface area contributed by atoms with Gasteiger partial charge < -0.3 is 13.8 Å². The molecule has 144 valence electrons. The molecular weight excluding hydrogens is 1010 g/mol. The molecule has 0 nitrogen and oxygen atoms in total. The van der Waals surface area contributed by atoms with Crippen LogP contribution in [0.1, 0.15) is 63.8 Å². The molecule has 0 saturated heterocycles. The molecule has 3 heteroatoms. The van der Waals surface area contributed by atoms with Crippen LogP contribution in [0.2, 0.25) is 0 Å². The molecule has 0 aromatic heterocycles. The minimum atomic E-state index is 0. The third-order valence-corrected chi connectivity index (χ3v) is 5.41. The summed E-state index contributed by atoms with van der Waals surface area (Å²) in [5.74, 6) is 0. The molecule has 3 aromatic carbocycles.